The van der Waals surface area contributed by atoms with Gasteiger partial charge >= 0.3 is 5.97 Å². The number of nitro groups is 1. The van der Waals surface area contributed by atoms with Gasteiger partial charge in [0.25, 0.3) is 15.7 Å². The minimum absolute atomic E-state index is 0.227. The van der Waals surface area contributed by atoms with Crippen molar-refractivity contribution >= 4 is 38.7 Å². The Balaban J connectivity index is 1.38. The van der Waals surface area contributed by atoms with Crippen molar-refractivity contribution in [3.05, 3.63) is 80.3 Å². The molecular weight excluding hydrogens is 598 g/mol. The maximum Gasteiger partial charge on any atom is 0.367 e. The average molecular weight is 634 g/mol. The van der Waals surface area contributed by atoms with E-state index in [1.807, 2.05) is 6.92 Å². The molecule has 232 valence electrons. The molecule has 4 rings (SSSR count). The number of carbonyl (C=O) groups excluding carboxylic acids is 1. The van der Waals surface area contributed by atoms with Crippen LogP contribution in [-0.4, -0.2) is 80.3 Å². The number of esters is 1. The van der Waals surface area contributed by atoms with Crippen LogP contribution >= 0.6 is 11.3 Å². The highest BCUT2D eigenvalue weighted by molar-refractivity contribution is 7.92. The first-order chi connectivity index (χ1) is 20.7. The van der Waals surface area contributed by atoms with Crippen molar-refractivity contribution in [1.82, 2.24) is 15.3 Å². The monoisotopic (exact) mass is 633 g/mol. The van der Waals surface area contributed by atoms with Gasteiger partial charge in [0.05, 0.1) is 34.8 Å². The maximum atomic E-state index is 13.6. The highest BCUT2D eigenvalue weighted by Gasteiger charge is 2.27. The Kier molecular flexibility index (Phi) is 11.6. The number of aryl methyl sites for hydroxylation is 1. The second kappa shape index (κ2) is 15.3. The molecule has 1 aliphatic rings. The van der Waals surface area contributed by atoms with Crippen LogP contribution in [0.5, 0.6) is 0 Å². The molecule has 1 aromatic heterocycles. The molecule has 0 saturated carbocycles. The Bertz CT molecular complexity index is 1480. The van der Waals surface area contributed by atoms with Crippen LogP contribution in [0.4, 0.5) is 11.4 Å². The average Bonchev–Trinajstić information content (AvgIpc) is 3.50. The van der Waals surface area contributed by atoms with E-state index < -0.39 is 27.0 Å². The molecule has 0 radical (unpaired) electrons. The van der Waals surface area contributed by atoms with Crippen LogP contribution in [0.25, 0.3) is 0 Å². The van der Waals surface area contributed by atoms with E-state index >= 15 is 0 Å². The summed E-state index contributed by atoms with van der Waals surface area (Å²) in [6.45, 7) is 5.93. The summed E-state index contributed by atoms with van der Waals surface area (Å²) >= 11 is 1.23. The molecule has 1 fully saturated rings. The van der Waals surface area contributed by atoms with Gasteiger partial charge in [0.2, 0.25) is 5.01 Å². The number of aliphatic hydroxyl groups excluding tert-OH is 1. The summed E-state index contributed by atoms with van der Waals surface area (Å²) in [5.74, 6) is -0.478. The number of aromatic nitrogens is 1. The third kappa shape index (κ3) is 8.78. The van der Waals surface area contributed by atoms with Gasteiger partial charge in [-0.2, -0.15) is 12.8 Å². The number of hydrogen-bond acceptors (Lipinski definition) is 12. The summed E-state index contributed by atoms with van der Waals surface area (Å²) in [5, 5.41) is 21.7. The Morgan fingerprint density at radius 3 is 2.70 bits per heavy atom. The fourth-order valence-corrected chi connectivity index (χ4v) is 6.60. The highest BCUT2D eigenvalue weighted by atomic mass is 32.2. The predicted molar refractivity (Wildman–Crippen MR) is 160 cm³/mol. The van der Waals surface area contributed by atoms with Crippen LogP contribution in [0.2, 0.25) is 0 Å². The summed E-state index contributed by atoms with van der Waals surface area (Å²) in [6.07, 6.45) is 2.45. The number of nitrogens with zero attached hydrogens (tertiary/aromatic N) is 4. The van der Waals surface area contributed by atoms with Crippen molar-refractivity contribution in [3.8, 4) is 0 Å². The second-order valence-corrected chi connectivity index (χ2v) is 12.7. The van der Waals surface area contributed by atoms with E-state index in [9.17, 15) is 28.4 Å². The number of ether oxygens (including phenoxy) is 2. The van der Waals surface area contributed by atoms with E-state index in [4.69, 9.17) is 9.47 Å². The van der Waals surface area contributed by atoms with E-state index in [2.05, 4.69) is 15.3 Å². The summed E-state index contributed by atoms with van der Waals surface area (Å²) < 4.78 is 38.9. The van der Waals surface area contributed by atoms with Crippen molar-refractivity contribution in [2.75, 3.05) is 50.4 Å². The molecule has 2 aromatic carbocycles. The number of benzene rings is 2. The lowest BCUT2D eigenvalue weighted by atomic mass is 10.1. The molecule has 0 bridgehead atoms. The minimum Gasteiger partial charge on any atom is -0.459 e. The van der Waals surface area contributed by atoms with Crippen LogP contribution in [-0.2, 0) is 25.9 Å². The first-order valence-electron chi connectivity index (χ1n) is 13.9. The predicted octanol–water partition coefficient (Wildman–Crippen LogP) is 3.32. The smallest absolute Gasteiger partial charge is 0.367 e. The van der Waals surface area contributed by atoms with Gasteiger partial charge < -0.3 is 14.6 Å². The molecule has 3 aromatic rings. The lowest BCUT2D eigenvalue weighted by Gasteiger charge is -2.26. The topological polar surface area (TPSA) is 164 Å². The molecule has 0 amide bonds. The molecule has 2 heterocycles. The van der Waals surface area contributed by atoms with Crippen molar-refractivity contribution in [3.63, 3.8) is 0 Å². The van der Waals surface area contributed by atoms with Crippen LogP contribution in [0.15, 0.2) is 59.6 Å². The molecule has 0 spiro atoms. The van der Waals surface area contributed by atoms with Crippen LogP contribution in [0.3, 0.4) is 0 Å². The van der Waals surface area contributed by atoms with Crippen LogP contribution in [0.1, 0.15) is 46.1 Å². The van der Waals surface area contributed by atoms with Gasteiger partial charge in [-0.1, -0.05) is 25.1 Å². The largest absolute Gasteiger partial charge is 0.459 e. The molecule has 43 heavy (non-hydrogen) atoms. The Morgan fingerprint density at radius 1 is 1.26 bits per heavy atom. The standard InChI is InChI=1S/C28H35N5O8S2/c1-2-26(34)21-8-10-22(11-9-21)32(43(38,39)25-7-3-5-23(19-25)33(36)37)30-12-4-6-24-20-29-27(42-24)28(35)41-18-15-31-13-16-40-17-14-31/h3,5,7-11,19-20,26,30,34H,2,4,6,12-18H2,1H3. The third-order valence-corrected chi connectivity index (χ3v) is 9.50. The molecule has 1 unspecified atom stereocenters. The van der Waals surface area contributed by atoms with Gasteiger partial charge in [0.15, 0.2) is 0 Å². The number of non-ortho nitro benzene ring substituents is 1. The number of thiazole rings is 1. The fraction of sp³-hybridized carbons (Fsp3) is 0.429. The first-order valence-corrected chi connectivity index (χ1v) is 16.2. The molecule has 1 saturated heterocycles. The molecule has 0 aliphatic carbocycles. The lowest BCUT2D eigenvalue weighted by molar-refractivity contribution is -0.385. The number of nitrogens with one attached hydrogen (secondary N) is 1. The Morgan fingerprint density at radius 2 is 2.00 bits per heavy atom. The van der Waals surface area contributed by atoms with Gasteiger partial charge in [-0.3, -0.25) is 15.0 Å². The molecule has 13 nitrogen and oxygen atoms in total. The molecule has 1 atom stereocenters. The van der Waals surface area contributed by atoms with Gasteiger partial charge in [0.1, 0.15) is 6.61 Å². The Hall–Kier alpha value is -3.47. The minimum atomic E-state index is -4.24. The number of sulfonamides is 1. The summed E-state index contributed by atoms with van der Waals surface area (Å²) in [5.41, 5.74) is 3.51. The first kappa shape index (κ1) is 32.4. The van der Waals surface area contributed by atoms with Crippen molar-refractivity contribution in [1.29, 1.82) is 0 Å². The molecule has 1 aliphatic heterocycles. The van der Waals surface area contributed by atoms with E-state index in [-0.39, 0.29) is 34.4 Å². The summed E-state index contributed by atoms with van der Waals surface area (Å²) in [4.78, 5) is 30.0. The summed E-state index contributed by atoms with van der Waals surface area (Å²) in [7, 11) is -4.24. The number of nitro benzene ring substituents is 1. The fourth-order valence-electron chi connectivity index (χ4n) is 4.36. The van der Waals surface area contributed by atoms with Crippen LogP contribution < -0.4 is 9.84 Å². The van der Waals surface area contributed by atoms with E-state index in [0.29, 0.717) is 44.6 Å². The highest BCUT2D eigenvalue weighted by Crippen LogP contribution is 2.27. The van der Waals surface area contributed by atoms with Crippen LogP contribution in [0, 0.1) is 10.1 Å². The summed E-state index contributed by atoms with van der Waals surface area (Å²) in [6, 6.07) is 11.3. The van der Waals surface area contributed by atoms with E-state index in [0.717, 1.165) is 28.4 Å². The number of hydrazine groups is 1. The zero-order valence-corrected chi connectivity index (χ0v) is 25.4. The third-order valence-electron chi connectivity index (χ3n) is 6.79. The zero-order chi connectivity index (χ0) is 30.8. The second-order valence-electron chi connectivity index (χ2n) is 9.77. The zero-order valence-electron chi connectivity index (χ0n) is 23.8. The number of morpholine rings is 1. The normalized spacial score (nSPS) is 14.7. The van der Waals surface area contributed by atoms with Crippen molar-refractivity contribution < 1.29 is 32.7 Å². The number of rotatable bonds is 15. The maximum absolute atomic E-state index is 13.6. The SMILES string of the molecule is CCC(O)c1ccc(N(NCCCc2cnc(C(=O)OCCN3CCOCC3)s2)S(=O)(=O)c2cccc([N+](=O)[O-])c2)cc1. The van der Waals surface area contributed by atoms with Gasteiger partial charge in [0, 0.05) is 49.4 Å². The number of carbonyl (C=O) groups is 1. The number of anilines is 1. The number of aliphatic hydroxyl groups is 1. The molecular formula is C28H35N5O8S2. The quantitative estimate of drug-likeness (QED) is 0.109. The molecule has 2 N–H and O–H groups in total. The van der Waals surface area contributed by atoms with Gasteiger partial charge in [-0.25, -0.2) is 15.2 Å². The van der Waals surface area contributed by atoms with E-state index in [1.54, 1.807) is 30.5 Å². The van der Waals surface area contributed by atoms with E-state index in [1.165, 1.54) is 29.5 Å². The Labute approximate surface area is 254 Å². The number of hydrogen-bond donors (Lipinski definition) is 2. The van der Waals surface area contributed by atoms with Gasteiger partial charge in [-0.05, 0) is 43.0 Å². The van der Waals surface area contributed by atoms with Crippen molar-refractivity contribution in [2.45, 2.75) is 37.2 Å². The van der Waals surface area contributed by atoms with Gasteiger partial charge in [-0.15, -0.1) is 11.3 Å². The van der Waals surface area contributed by atoms with Crippen molar-refractivity contribution in [2.24, 2.45) is 0 Å². The lowest BCUT2D eigenvalue weighted by Crippen LogP contribution is -2.43. The molecule has 15 heteroatoms.